The molecule has 0 N–H and O–H groups in total. The maximum atomic E-state index is 13.7. The predicted octanol–water partition coefficient (Wildman–Crippen LogP) is 7.24. The van der Waals surface area contributed by atoms with Crippen molar-refractivity contribution in [1.82, 2.24) is 14.3 Å². The summed E-state index contributed by atoms with van der Waals surface area (Å²) in [6, 6.07) is 30.4. The molecular formula is C31H24FN3OS. The Kier molecular flexibility index (Phi) is 6.25. The smallest absolute Gasteiger partial charge is 0.254 e. The number of thiazole rings is 1. The van der Waals surface area contributed by atoms with E-state index < -0.39 is 0 Å². The Labute approximate surface area is 218 Å². The summed E-state index contributed by atoms with van der Waals surface area (Å²) in [4.78, 5) is 21.2. The number of hydrogen-bond acceptors (Lipinski definition) is 3. The number of carbonyl (C=O) groups excluding carboxylic acids is 1. The lowest BCUT2D eigenvalue weighted by molar-refractivity contribution is 0.0745. The number of fused-ring (bicyclic) bond motifs is 2. The number of nitrogens with zero attached hydrogens (tertiary/aromatic N) is 3. The minimum absolute atomic E-state index is 0.0127. The minimum atomic E-state index is -0.264. The normalized spacial score (nSPS) is 11.3. The van der Waals surface area contributed by atoms with Crippen LogP contribution in [-0.4, -0.2) is 26.7 Å². The first-order valence-electron chi connectivity index (χ1n) is 12.2. The third-order valence-electron chi connectivity index (χ3n) is 6.56. The van der Waals surface area contributed by atoms with Gasteiger partial charge in [0.05, 0.1) is 5.69 Å². The van der Waals surface area contributed by atoms with Crippen molar-refractivity contribution in [3.8, 4) is 11.3 Å². The molecular weight excluding hydrogens is 481 g/mol. The monoisotopic (exact) mass is 505 g/mol. The lowest BCUT2D eigenvalue weighted by atomic mass is 10.1. The molecule has 0 aliphatic carbocycles. The van der Waals surface area contributed by atoms with Gasteiger partial charge in [-0.3, -0.25) is 9.20 Å². The molecule has 1 amide bonds. The van der Waals surface area contributed by atoms with Crippen LogP contribution >= 0.6 is 11.3 Å². The van der Waals surface area contributed by atoms with Crippen LogP contribution in [0.3, 0.4) is 0 Å². The van der Waals surface area contributed by atoms with Crippen LogP contribution in [0, 0.1) is 5.82 Å². The van der Waals surface area contributed by atoms with E-state index in [4.69, 9.17) is 4.98 Å². The number of imidazole rings is 1. The van der Waals surface area contributed by atoms with Gasteiger partial charge in [0, 0.05) is 47.9 Å². The van der Waals surface area contributed by atoms with Crippen LogP contribution in [0.2, 0.25) is 0 Å². The standard InChI is InChI=1S/C31H24FN3OS/c32-27-14-12-24(13-15-27)29-20-35-28(21-37-31(35)33-29)16-17-34(19-22-6-2-1-3-7-22)30(36)26-11-10-23-8-4-5-9-25(23)18-26/h1-15,18,20-21H,16-17,19H2. The zero-order chi connectivity index (χ0) is 25.2. The Morgan fingerprint density at radius 3 is 2.46 bits per heavy atom. The van der Waals surface area contributed by atoms with Crippen molar-refractivity contribution in [2.24, 2.45) is 0 Å². The molecule has 6 rings (SSSR count). The lowest BCUT2D eigenvalue weighted by Crippen LogP contribution is -2.32. The number of benzene rings is 4. The molecule has 4 nitrogen and oxygen atoms in total. The van der Waals surface area contributed by atoms with E-state index in [9.17, 15) is 9.18 Å². The van der Waals surface area contributed by atoms with Gasteiger partial charge >= 0.3 is 0 Å². The molecule has 0 fully saturated rings. The molecule has 37 heavy (non-hydrogen) atoms. The van der Waals surface area contributed by atoms with Crippen LogP contribution in [-0.2, 0) is 13.0 Å². The Morgan fingerprint density at radius 1 is 0.892 bits per heavy atom. The van der Waals surface area contributed by atoms with Crippen molar-refractivity contribution in [2.45, 2.75) is 13.0 Å². The van der Waals surface area contributed by atoms with Gasteiger partial charge in [-0.2, -0.15) is 0 Å². The Bertz CT molecular complexity index is 1690. The summed E-state index contributed by atoms with van der Waals surface area (Å²) in [6.45, 7) is 1.10. The highest BCUT2D eigenvalue weighted by atomic mass is 32.1. The molecule has 4 aromatic carbocycles. The first-order chi connectivity index (χ1) is 18.1. The Hall–Kier alpha value is -4.29. The zero-order valence-electron chi connectivity index (χ0n) is 20.0. The maximum absolute atomic E-state index is 13.7. The molecule has 0 radical (unpaired) electrons. The summed E-state index contributed by atoms with van der Waals surface area (Å²) in [7, 11) is 0. The van der Waals surface area contributed by atoms with E-state index in [1.807, 2.05) is 77.8 Å². The SMILES string of the molecule is O=C(c1ccc2ccccc2c1)N(CCc1csc2nc(-c3ccc(F)cc3)cn12)Cc1ccccc1. The van der Waals surface area contributed by atoms with E-state index in [1.165, 1.54) is 12.1 Å². The van der Waals surface area contributed by atoms with Crippen molar-refractivity contribution in [3.05, 3.63) is 131 Å². The minimum Gasteiger partial charge on any atom is -0.334 e. The van der Waals surface area contributed by atoms with E-state index >= 15 is 0 Å². The molecule has 0 atom stereocenters. The van der Waals surface area contributed by atoms with Crippen LogP contribution in [0.25, 0.3) is 27.0 Å². The Balaban J connectivity index is 1.27. The summed E-state index contributed by atoms with van der Waals surface area (Å²) in [5.74, 6) is -0.251. The summed E-state index contributed by atoms with van der Waals surface area (Å²) < 4.78 is 15.4. The quantitative estimate of drug-likeness (QED) is 0.229. The highest BCUT2D eigenvalue weighted by Gasteiger charge is 2.18. The molecule has 0 bridgehead atoms. The average molecular weight is 506 g/mol. The van der Waals surface area contributed by atoms with Gasteiger partial charge in [-0.05, 0) is 52.7 Å². The van der Waals surface area contributed by atoms with Gasteiger partial charge in [-0.25, -0.2) is 9.37 Å². The third kappa shape index (κ3) is 4.88. The number of aromatic nitrogens is 2. The van der Waals surface area contributed by atoms with E-state index in [0.29, 0.717) is 25.1 Å². The van der Waals surface area contributed by atoms with Gasteiger partial charge in [0.15, 0.2) is 4.96 Å². The molecule has 0 saturated heterocycles. The average Bonchev–Trinajstić information content (AvgIpc) is 3.53. The van der Waals surface area contributed by atoms with Gasteiger partial charge in [-0.1, -0.05) is 60.7 Å². The second kappa shape index (κ2) is 9.99. The molecule has 6 aromatic rings. The second-order valence-electron chi connectivity index (χ2n) is 9.04. The third-order valence-corrected chi connectivity index (χ3v) is 7.45. The number of amides is 1. The van der Waals surface area contributed by atoms with Crippen molar-refractivity contribution in [1.29, 1.82) is 0 Å². The van der Waals surface area contributed by atoms with E-state index in [1.54, 1.807) is 23.5 Å². The molecule has 0 aliphatic rings. The molecule has 0 saturated carbocycles. The maximum Gasteiger partial charge on any atom is 0.254 e. The fraction of sp³-hybridized carbons (Fsp3) is 0.0968. The number of carbonyl (C=O) groups is 1. The Morgan fingerprint density at radius 2 is 1.65 bits per heavy atom. The van der Waals surface area contributed by atoms with E-state index in [-0.39, 0.29) is 11.7 Å². The molecule has 0 spiro atoms. The van der Waals surface area contributed by atoms with Crippen molar-refractivity contribution < 1.29 is 9.18 Å². The summed E-state index contributed by atoms with van der Waals surface area (Å²) in [5.41, 5.74) is 4.55. The van der Waals surface area contributed by atoms with Gasteiger partial charge in [0.25, 0.3) is 5.91 Å². The first kappa shape index (κ1) is 23.1. The fourth-order valence-corrected chi connectivity index (χ4v) is 5.49. The zero-order valence-corrected chi connectivity index (χ0v) is 20.9. The van der Waals surface area contributed by atoms with Gasteiger partial charge in [0.2, 0.25) is 0 Å². The highest BCUT2D eigenvalue weighted by Crippen LogP contribution is 2.25. The predicted molar refractivity (Wildman–Crippen MR) is 147 cm³/mol. The van der Waals surface area contributed by atoms with Crippen LogP contribution in [0.15, 0.2) is 109 Å². The van der Waals surface area contributed by atoms with Crippen molar-refractivity contribution >= 4 is 33.0 Å². The van der Waals surface area contributed by atoms with Crippen molar-refractivity contribution in [2.75, 3.05) is 6.54 Å². The van der Waals surface area contributed by atoms with Crippen LogP contribution in [0.4, 0.5) is 4.39 Å². The fourth-order valence-electron chi connectivity index (χ4n) is 4.58. The molecule has 182 valence electrons. The number of halogens is 1. The largest absolute Gasteiger partial charge is 0.334 e. The molecule has 0 aliphatic heterocycles. The van der Waals surface area contributed by atoms with E-state index in [2.05, 4.69) is 15.8 Å². The molecule has 2 heterocycles. The van der Waals surface area contributed by atoms with Crippen LogP contribution in [0.1, 0.15) is 21.6 Å². The molecule has 2 aromatic heterocycles. The topological polar surface area (TPSA) is 37.6 Å². The highest BCUT2D eigenvalue weighted by molar-refractivity contribution is 7.15. The summed E-state index contributed by atoms with van der Waals surface area (Å²) >= 11 is 1.57. The number of rotatable bonds is 7. The van der Waals surface area contributed by atoms with Crippen molar-refractivity contribution in [3.63, 3.8) is 0 Å². The molecule has 6 heteroatoms. The first-order valence-corrected chi connectivity index (χ1v) is 13.1. The van der Waals surface area contributed by atoms with E-state index in [0.717, 1.165) is 38.2 Å². The number of hydrogen-bond donors (Lipinski definition) is 0. The van der Waals surface area contributed by atoms with Crippen LogP contribution in [0.5, 0.6) is 0 Å². The van der Waals surface area contributed by atoms with Crippen LogP contribution < -0.4 is 0 Å². The summed E-state index contributed by atoms with van der Waals surface area (Å²) in [6.07, 6.45) is 2.67. The van der Waals surface area contributed by atoms with Gasteiger partial charge < -0.3 is 4.90 Å². The molecule has 0 unspecified atom stereocenters. The van der Waals surface area contributed by atoms with Gasteiger partial charge in [-0.15, -0.1) is 11.3 Å². The second-order valence-corrected chi connectivity index (χ2v) is 9.87. The lowest BCUT2D eigenvalue weighted by Gasteiger charge is -2.23. The summed E-state index contributed by atoms with van der Waals surface area (Å²) in [5, 5.41) is 4.27. The van der Waals surface area contributed by atoms with Gasteiger partial charge in [0.1, 0.15) is 5.82 Å².